The van der Waals surface area contributed by atoms with Gasteiger partial charge in [0.1, 0.15) is 11.4 Å². The molecule has 7 aromatic carbocycles. The van der Waals surface area contributed by atoms with E-state index in [0.717, 1.165) is 101 Å². The first-order chi connectivity index (χ1) is 31.2. The maximum atomic E-state index is 6.90. The smallest absolute Gasteiger partial charge is 0.164 e. The Labute approximate surface area is 362 Å². The number of nitrogens with zero attached hydrogens (tertiary/aromatic N) is 6. The van der Waals surface area contributed by atoms with Gasteiger partial charge in [0, 0.05) is 55.4 Å². The van der Waals surface area contributed by atoms with Gasteiger partial charge in [-0.3, -0.25) is 4.57 Å². The molecular formula is C56H36N6O. The highest BCUT2D eigenvalue weighted by Crippen LogP contribution is 2.46. The molecule has 0 saturated carbocycles. The molecule has 0 fully saturated rings. The van der Waals surface area contributed by atoms with Crippen LogP contribution < -0.4 is 0 Å². The lowest BCUT2D eigenvalue weighted by molar-refractivity contribution is 0.671. The van der Waals surface area contributed by atoms with Gasteiger partial charge >= 0.3 is 0 Å². The van der Waals surface area contributed by atoms with Crippen LogP contribution in [-0.2, 0) is 0 Å². The number of furan rings is 1. The highest BCUT2D eigenvalue weighted by molar-refractivity contribution is 6.26. The standard InChI is InChI=1S/C56H36N6O/c1-2-7-22-38(21-6-1)54-59-55(39-25-12-5-13-26-39)61-56(60-54)41-28-18-27-40(33-41)44-34-45-42-29-15-17-32-48(42)63-52(45)51-50(44)43-30-14-16-31-47(43)62(51)49-35-46(36-19-8-3-9-20-36)57-53(58-49)37-23-10-4-11-24-37/h1-6,8-35H,7H2. The van der Waals surface area contributed by atoms with Crippen molar-refractivity contribution in [2.75, 3.05) is 0 Å². The highest BCUT2D eigenvalue weighted by Gasteiger charge is 2.25. The molecule has 0 unspecified atom stereocenters. The van der Waals surface area contributed by atoms with Crippen molar-refractivity contribution < 1.29 is 4.42 Å². The molecule has 0 aliphatic heterocycles. The Balaban J connectivity index is 1.13. The number of fused-ring (bicyclic) bond motifs is 7. The molecule has 1 aliphatic rings. The Bertz CT molecular complexity index is 3580. The third-order valence-corrected chi connectivity index (χ3v) is 11.7. The van der Waals surface area contributed by atoms with E-state index >= 15 is 0 Å². The highest BCUT2D eigenvalue weighted by atomic mass is 16.3. The summed E-state index contributed by atoms with van der Waals surface area (Å²) in [7, 11) is 0. The summed E-state index contributed by atoms with van der Waals surface area (Å²) in [5, 5.41) is 4.18. The minimum absolute atomic E-state index is 0.601. The van der Waals surface area contributed by atoms with Crippen LogP contribution in [0.2, 0.25) is 0 Å². The maximum absolute atomic E-state index is 6.90. The first-order valence-corrected chi connectivity index (χ1v) is 21.1. The van der Waals surface area contributed by atoms with E-state index in [2.05, 4.69) is 126 Å². The largest absolute Gasteiger partial charge is 0.454 e. The monoisotopic (exact) mass is 808 g/mol. The van der Waals surface area contributed by atoms with Gasteiger partial charge in [0.05, 0.1) is 16.7 Å². The minimum Gasteiger partial charge on any atom is -0.454 e. The molecule has 1 aliphatic carbocycles. The summed E-state index contributed by atoms with van der Waals surface area (Å²) in [6, 6.07) is 60.3. The van der Waals surface area contributed by atoms with E-state index < -0.39 is 0 Å². The van der Waals surface area contributed by atoms with E-state index in [1.165, 1.54) is 0 Å². The van der Waals surface area contributed by atoms with Crippen molar-refractivity contribution in [1.29, 1.82) is 0 Å². The van der Waals surface area contributed by atoms with Crippen molar-refractivity contribution in [3.8, 4) is 62.4 Å². The lowest BCUT2D eigenvalue weighted by Crippen LogP contribution is -2.03. The Morgan fingerprint density at radius 1 is 0.460 bits per heavy atom. The van der Waals surface area contributed by atoms with Gasteiger partial charge in [-0.25, -0.2) is 24.9 Å². The van der Waals surface area contributed by atoms with E-state index in [0.29, 0.717) is 23.3 Å². The van der Waals surface area contributed by atoms with Gasteiger partial charge in [-0.2, -0.15) is 0 Å². The first kappa shape index (κ1) is 36.3. The predicted octanol–water partition coefficient (Wildman–Crippen LogP) is 13.9. The Kier molecular flexibility index (Phi) is 8.74. The molecule has 7 nitrogen and oxygen atoms in total. The SMILES string of the molecule is C1=CCC=C(c2nc(-c3ccccc3)nc(-c3cccc(-c4cc5c6ccccc6oc5c5c4c4ccccc4n5-c4cc(-c5ccccc5)nc(-c5ccccc5)n4)c3)n2)C=C1. The number of rotatable bonds is 7. The Morgan fingerprint density at radius 3 is 1.86 bits per heavy atom. The van der Waals surface area contributed by atoms with E-state index in [-0.39, 0.29) is 0 Å². The fourth-order valence-electron chi connectivity index (χ4n) is 8.74. The summed E-state index contributed by atoms with van der Waals surface area (Å²) in [4.78, 5) is 25.7. The lowest BCUT2D eigenvalue weighted by Gasteiger charge is -2.13. The second-order valence-corrected chi connectivity index (χ2v) is 15.6. The van der Waals surface area contributed by atoms with Crippen LogP contribution in [0.3, 0.4) is 0 Å². The summed E-state index contributed by atoms with van der Waals surface area (Å²) < 4.78 is 9.16. The average molecular weight is 809 g/mol. The van der Waals surface area contributed by atoms with Crippen LogP contribution in [0, 0.1) is 0 Å². The molecule has 296 valence electrons. The molecule has 11 aromatic rings. The fraction of sp³-hybridized carbons (Fsp3) is 0.0179. The second-order valence-electron chi connectivity index (χ2n) is 15.6. The normalized spacial score (nSPS) is 12.7. The summed E-state index contributed by atoms with van der Waals surface area (Å²) in [6.45, 7) is 0. The van der Waals surface area contributed by atoms with Gasteiger partial charge < -0.3 is 4.42 Å². The first-order valence-electron chi connectivity index (χ1n) is 21.1. The minimum atomic E-state index is 0.601. The summed E-state index contributed by atoms with van der Waals surface area (Å²) in [5.41, 5.74) is 11.1. The number of benzene rings is 7. The van der Waals surface area contributed by atoms with Crippen molar-refractivity contribution in [3.05, 3.63) is 212 Å². The molecule has 4 heterocycles. The maximum Gasteiger partial charge on any atom is 0.164 e. The molecule has 0 N–H and O–H groups in total. The van der Waals surface area contributed by atoms with Crippen LogP contribution in [0.15, 0.2) is 211 Å². The molecule has 0 amide bonds. The van der Waals surface area contributed by atoms with Crippen LogP contribution in [0.5, 0.6) is 0 Å². The van der Waals surface area contributed by atoms with Gasteiger partial charge in [-0.1, -0.05) is 176 Å². The van der Waals surface area contributed by atoms with E-state index in [1.54, 1.807) is 0 Å². The topological polar surface area (TPSA) is 82.5 Å². The predicted molar refractivity (Wildman–Crippen MR) is 255 cm³/mol. The molecule has 0 bridgehead atoms. The van der Waals surface area contributed by atoms with Crippen LogP contribution in [0.4, 0.5) is 0 Å². The average Bonchev–Trinajstić information content (AvgIpc) is 3.77. The number of hydrogen-bond acceptors (Lipinski definition) is 6. The van der Waals surface area contributed by atoms with Crippen molar-refractivity contribution >= 4 is 49.3 Å². The molecule has 0 radical (unpaired) electrons. The van der Waals surface area contributed by atoms with Crippen LogP contribution in [0.1, 0.15) is 12.2 Å². The Hall–Kier alpha value is -8.55. The van der Waals surface area contributed by atoms with Crippen LogP contribution in [0.25, 0.3) is 112 Å². The van der Waals surface area contributed by atoms with E-state index in [1.807, 2.05) is 84.9 Å². The fourth-order valence-corrected chi connectivity index (χ4v) is 8.74. The van der Waals surface area contributed by atoms with Gasteiger partial charge in [0.2, 0.25) is 0 Å². The zero-order valence-electron chi connectivity index (χ0n) is 33.9. The second kappa shape index (κ2) is 15.2. The number of allylic oxidation sites excluding steroid dienone is 6. The van der Waals surface area contributed by atoms with Crippen molar-refractivity contribution in [3.63, 3.8) is 0 Å². The van der Waals surface area contributed by atoms with Gasteiger partial charge in [0.25, 0.3) is 0 Å². The number of aromatic nitrogens is 6. The Morgan fingerprint density at radius 2 is 1.08 bits per heavy atom. The van der Waals surface area contributed by atoms with Gasteiger partial charge in [0.15, 0.2) is 28.9 Å². The third-order valence-electron chi connectivity index (χ3n) is 11.7. The molecule has 0 spiro atoms. The van der Waals surface area contributed by atoms with E-state index in [9.17, 15) is 0 Å². The van der Waals surface area contributed by atoms with Gasteiger partial charge in [-0.15, -0.1) is 0 Å². The van der Waals surface area contributed by atoms with Crippen LogP contribution >= 0.6 is 0 Å². The number of hydrogen-bond donors (Lipinski definition) is 0. The third kappa shape index (κ3) is 6.42. The van der Waals surface area contributed by atoms with E-state index in [4.69, 9.17) is 29.3 Å². The molecule has 12 rings (SSSR count). The summed E-state index contributed by atoms with van der Waals surface area (Å²) in [5.74, 6) is 3.24. The molecule has 0 atom stereocenters. The molecule has 7 heteroatoms. The van der Waals surface area contributed by atoms with Crippen molar-refractivity contribution in [2.45, 2.75) is 6.42 Å². The molecule has 0 saturated heterocycles. The zero-order chi connectivity index (χ0) is 41.7. The van der Waals surface area contributed by atoms with Gasteiger partial charge in [-0.05, 0) is 41.8 Å². The number of para-hydroxylation sites is 2. The molecule has 63 heavy (non-hydrogen) atoms. The quantitative estimate of drug-likeness (QED) is 0.159. The van der Waals surface area contributed by atoms with Crippen molar-refractivity contribution in [1.82, 2.24) is 29.5 Å². The molecule has 4 aromatic heterocycles. The molecular weight excluding hydrogens is 773 g/mol. The van der Waals surface area contributed by atoms with Crippen LogP contribution in [-0.4, -0.2) is 29.5 Å². The zero-order valence-corrected chi connectivity index (χ0v) is 33.9. The summed E-state index contributed by atoms with van der Waals surface area (Å²) in [6.07, 6.45) is 11.2. The van der Waals surface area contributed by atoms with Crippen molar-refractivity contribution in [2.24, 2.45) is 0 Å². The summed E-state index contributed by atoms with van der Waals surface area (Å²) >= 11 is 0. The lowest BCUT2D eigenvalue weighted by atomic mass is 9.95.